The van der Waals surface area contributed by atoms with Gasteiger partial charge in [0, 0.05) is 24.4 Å². The zero-order valence-corrected chi connectivity index (χ0v) is 13.0. The average Bonchev–Trinajstić information content (AvgIpc) is 2.89. The first-order chi connectivity index (χ1) is 10.8. The number of carbonyl (C=O) groups is 3. The summed E-state index contributed by atoms with van der Waals surface area (Å²) in [4.78, 5) is 35.6. The van der Waals surface area contributed by atoms with Crippen molar-refractivity contribution < 1.29 is 23.5 Å². The topological polar surface area (TPSA) is 65.4 Å². The molecule has 0 aliphatic carbocycles. The highest BCUT2D eigenvalue weighted by Gasteiger charge is 2.22. The largest absolute Gasteiger partial charge is 0.450 e. The predicted molar refractivity (Wildman–Crippen MR) is 81.0 cm³/mol. The fourth-order valence-electron chi connectivity index (χ4n) is 2.08. The van der Waals surface area contributed by atoms with Crippen LogP contribution < -0.4 is 0 Å². The number of nitrogens with zero attached hydrogens (tertiary/aromatic N) is 1. The molecular formula is C17H16FNO4. The molecule has 23 heavy (non-hydrogen) atoms. The molecule has 1 heterocycles. The number of hydrogen-bond donors (Lipinski definition) is 0. The first-order valence-electron chi connectivity index (χ1n) is 6.97. The zero-order chi connectivity index (χ0) is 17.1. The van der Waals surface area contributed by atoms with E-state index in [2.05, 4.69) is 0 Å². The van der Waals surface area contributed by atoms with Gasteiger partial charge in [0.15, 0.2) is 11.9 Å². The van der Waals surface area contributed by atoms with Gasteiger partial charge in [-0.25, -0.2) is 9.18 Å². The highest BCUT2D eigenvalue weighted by molar-refractivity contribution is 6.02. The third kappa shape index (κ3) is 3.71. The van der Waals surface area contributed by atoms with Crippen LogP contribution in [0.15, 0.2) is 36.5 Å². The van der Waals surface area contributed by atoms with Gasteiger partial charge < -0.3 is 9.30 Å². The standard InChI is InChI=1S/C17H16FNO4/c1-10(20)13-8-15(19(3)9-13)17(22)23-11(2)16(21)12-4-6-14(18)7-5-12/h4-9,11H,1-3H3/t11-/m0/s1. The van der Waals surface area contributed by atoms with E-state index in [-0.39, 0.29) is 17.0 Å². The molecule has 2 rings (SSSR count). The summed E-state index contributed by atoms with van der Waals surface area (Å²) in [6.45, 7) is 2.84. The van der Waals surface area contributed by atoms with Crippen LogP contribution in [0.4, 0.5) is 4.39 Å². The Balaban J connectivity index is 2.11. The van der Waals surface area contributed by atoms with E-state index in [9.17, 15) is 18.8 Å². The minimum atomic E-state index is -1.02. The third-order valence-corrected chi connectivity index (χ3v) is 3.40. The molecule has 0 N–H and O–H groups in total. The lowest BCUT2D eigenvalue weighted by Crippen LogP contribution is -2.25. The molecule has 0 saturated heterocycles. The average molecular weight is 317 g/mol. The molecule has 0 aliphatic heterocycles. The van der Waals surface area contributed by atoms with E-state index < -0.39 is 23.7 Å². The minimum Gasteiger partial charge on any atom is -0.450 e. The lowest BCUT2D eigenvalue weighted by Gasteiger charge is -2.12. The molecular weight excluding hydrogens is 301 g/mol. The van der Waals surface area contributed by atoms with E-state index in [0.717, 1.165) is 12.1 Å². The SMILES string of the molecule is CC(=O)c1cc(C(=O)O[C@@H](C)C(=O)c2ccc(F)cc2)n(C)c1. The minimum absolute atomic E-state index is 0.171. The van der Waals surface area contributed by atoms with Crippen LogP contribution in [0.2, 0.25) is 0 Å². The number of ketones is 2. The third-order valence-electron chi connectivity index (χ3n) is 3.40. The number of carbonyl (C=O) groups excluding carboxylic acids is 3. The maximum absolute atomic E-state index is 12.9. The molecule has 5 nitrogen and oxygen atoms in total. The van der Waals surface area contributed by atoms with E-state index in [1.54, 1.807) is 7.05 Å². The van der Waals surface area contributed by atoms with E-state index in [1.165, 1.54) is 42.8 Å². The van der Waals surface area contributed by atoms with E-state index in [1.807, 2.05) is 0 Å². The summed E-state index contributed by atoms with van der Waals surface area (Å²) >= 11 is 0. The molecule has 6 heteroatoms. The number of rotatable bonds is 5. The molecule has 0 fully saturated rings. The van der Waals surface area contributed by atoms with Crippen LogP contribution >= 0.6 is 0 Å². The van der Waals surface area contributed by atoms with Gasteiger partial charge in [-0.3, -0.25) is 9.59 Å². The van der Waals surface area contributed by atoms with Crippen LogP contribution in [0.5, 0.6) is 0 Å². The number of esters is 1. The van der Waals surface area contributed by atoms with E-state index >= 15 is 0 Å². The van der Waals surface area contributed by atoms with Crippen LogP contribution in [0.3, 0.4) is 0 Å². The summed E-state index contributed by atoms with van der Waals surface area (Å²) in [6.07, 6.45) is 0.495. The number of aromatic nitrogens is 1. The van der Waals surface area contributed by atoms with Gasteiger partial charge in [-0.05, 0) is 44.2 Å². The van der Waals surface area contributed by atoms with Crippen molar-refractivity contribution in [3.63, 3.8) is 0 Å². The Kier molecular flexibility index (Phi) is 4.74. The Morgan fingerprint density at radius 3 is 2.26 bits per heavy atom. The summed E-state index contributed by atoms with van der Waals surface area (Å²) in [5, 5.41) is 0. The molecule has 1 aromatic heterocycles. The number of Topliss-reactive ketones (excluding diaryl/α,β-unsaturated/α-hetero) is 2. The second-order valence-electron chi connectivity index (χ2n) is 5.20. The summed E-state index contributed by atoms with van der Waals surface area (Å²) in [5.74, 6) is -1.76. The molecule has 0 unspecified atom stereocenters. The monoisotopic (exact) mass is 317 g/mol. The maximum atomic E-state index is 12.9. The Bertz CT molecular complexity index is 761. The number of ether oxygens (including phenoxy) is 1. The smallest absolute Gasteiger partial charge is 0.355 e. The van der Waals surface area contributed by atoms with E-state index in [4.69, 9.17) is 4.74 Å². The predicted octanol–water partition coefficient (Wildman–Crippen LogP) is 2.80. The highest BCUT2D eigenvalue weighted by atomic mass is 19.1. The van der Waals surface area contributed by atoms with Gasteiger partial charge >= 0.3 is 5.97 Å². The van der Waals surface area contributed by atoms with E-state index in [0.29, 0.717) is 5.56 Å². The summed E-state index contributed by atoms with van der Waals surface area (Å²) < 4.78 is 19.5. The molecule has 0 amide bonds. The van der Waals surface area contributed by atoms with Crippen molar-refractivity contribution in [3.8, 4) is 0 Å². The second kappa shape index (κ2) is 6.56. The molecule has 0 radical (unpaired) electrons. The van der Waals surface area contributed by atoms with Gasteiger partial charge in [-0.15, -0.1) is 0 Å². The first kappa shape index (κ1) is 16.6. The molecule has 0 aliphatic rings. The molecule has 120 valence electrons. The summed E-state index contributed by atoms with van der Waals surface area (Å²) in [7, 11) is 1.61. The van der Waals surface area contributed by atoms with Crippen molar-refractivity contribution in [2.45, 2.75) is 20.0 Å². The number of aryl methyl sites for hydroxylation is 1. The Labute approximate surface area is 132 Å². The van der Waals surface area contributed by atoms with Crippen molar-refractivity contribution in [1.82, 2.24) is 4.57 Å². The van der Waals surface area contributed by atoms with Gasteiger partial charge in [-0.2, -0.15) is 0 Å². The van der Waals surface area contributed by atoms with Crippen molar-refractivity contribution in [2.24, 2.45) is 7.05 Å². The maximum Gasteiger partial charge on any atom is 0.355 e. The van der Waals surface area contributed by atoms with Crippen LogP contribution in [0.1, 0.15) is 45.1 Å². The normalized spacial score (nSPS) is 11.8. The quantitative estimate of drug-likeness (QED) is 0.628. The van der Waals surface area contributed by atoms with Gasteiger partial charge in [0.05, 0.1) is 0 Å². The second-order valence-corrected chi connectivity index (χ2v) is 5.20. The molecule has 0 saturated carbocycles. The molecule has 0 spiro atoms. The molecule has 0 bridgehead atoms. The number of halogens is 1. The van der Waals surface area contributed by atoms with Crippen LogP contribution in [-0.2, 0) is 11.8 Å². The Morgan fingerprint density at radius 1 is 1.13 bits per heavy atom. The van der Waals surface area contributed by atoms with Crippen LogP contribution in [-0.4, -0.2) is 28.2 Å². The summed E-state index contributed by atoms with van der Waals surface area (Å²) in [5.41, 5.74) is 0.814. The van der Waals surface area contributed by atoms with Crippen molar-refractivity contribution >= 4 is 17.5 Å². The van der Waals surface area contributed by atoms with Crippen molar-refractivity contribution in [2.75, 3.05) is 0 Å². The molecule has 1 atom stereocenters. The first-order valence-corrected chi connectivity index (χ1v) is 6.97. The van der Waals surface area contributed by atoms with Gasteiger partial charge in [-0.1, -0.05) is 0 Å². The zero-order valence-electron chi connectivity index (χ0n) is 13.0. The number of hydrogen-bond acceptors (Lipinski definition) is 4. The summed E-state index contributed by atoms with van der Waals surface area (Å²) in [6, 6.07) is 6.41. The van der Waals surface area contributed by atoms with Crippen LogP contribution in [0.25, 0.3) is 0 Å². The lowest BCUT2D eigenvalue weighted by atomic mass is 10.1. The Morgan fingerprint density at radius 2 is 1.74 bits per heavy atom. The van der Waals surface area contributed by atoms with Crippen molar-refractivity contribution in [3.05, 3.63) is 59.2 Å². The van der Waals surface area contributed by atoms with Gasteiger partial charge in [0.2, 0.25) is 5.78 Å². The van der Waals surface area contributed by atoms with Crippen LogP contribution in [0, 0.1) is 5.82 Å². The molecule has 2 aromatic rings. The van der Waals surface area contributed by atoms with Gasteiger partial charge in [0.25, 0.3) is 0 Å². The highest BCUT2D eigenvalue weighted by Crippen LogP contribution is 2.13. The fourth-order valence-corrected chi connectivity index (χ4v) is 2.08. The lowest BCUT2D eigenvalue weighted by molar-refractivity contribution is 0.0309. The van der Waals surface area contributed by atoms with Gasteiger partial charge in [0.1, 0.15) is 11.5 Å². The molecule has 1 aromatic carbocycles. The fraction of sp³-hybridized carbons (Fsp3) is 0.235. The Hall–Kier alpha value is -2.76. The van der Waals surface area contributed by atoms with Crippen molar-refractivity contribution in [1.29, 1.82) is 0 Å². The number of benzene rings is 1.